The quantitative estimate of drug-likeness (QED) is 0.898. The highest BCUT2D eigenvalue weighted by atomic mass is 35.5. The van der Waals surface area contributed by atoms with E-state index >= 15 is 0 Å². The Morgan fingerprint density at radius 2 is 1.83 bits per heavy atom. The minimum absolute atomic E-state index is 0.243. The van der Waals surface area contributed by atoms with E-state index in [2.05, 4.69) is 5.32 Å². The molecule has 0 saturated heterocycles. The molecule has 1 aliphatic carbocycles. The van der Waals surface area contributed by atoms with Crippen molar-refractivity contribution in [2.24, 2.45) is 0 Å². The number of amides is 1. The Labute approximate surface area is 116 Å². The third-order valence-corrected chi connectivity index (χ3v) is 3.93. The zero-order valence-electron chi connectivity index (χ0n) is 9.88. The molecule has 18 heavy (non-hydrogen) atoms. The molecular weight excluding hydrogens is 273 g/mol. The van der Waals surface area contributed by atoms with Crippen molar-refractivity contribution in [1.29, 1.82) is 0 Å². The van der Waals surface area contributed by atoms with E-state index in [0.29, 0.717) is 10.0 Å². The molecule has 0 aromatic heterocycles. The van der Waals surface area contributed by atoms with Crippen molar-refractivity contribution in [3.8, 4) is 0 Å². The third kappa shape index (κ3) is 2.97. The highest BCUT2D eigenvalue weighted by molar-refractivity contribution is 6.39. The minimum atomic E-state index is -0.774. The Morgan fingerprint density at radius 1 is 1.28 bits per heavy atom. The van der Waals surface area contributed by atoms with E-state index in [4.69, 9.17) is 23.2 Å². The maximum atomic E-state index is 12.0. The lowest BCUT2D eigenvalue weighted by Crippen LogP contribution is -2.40. The molecule has 2 N–H and O–H groups in total. The van der Waals surface area contributed by atoms with Crippen LogP contribution in [0.15, 0.2) is 18.2 Å². The Hall–Kier alpha value is -0.770. The molecule has 1 aromatic carbocycles. The fourth-order valence-electron chi connectivity index (χ4n) is 2.26. The van der Waals surface area contributed by atoms with Gasteiger partial charge in [0.1, 0.15) is 0 Å². The van der Waals surface area contributed by atoms with Crippen LogP contribution in [0.1, 0.15) is 36.0 Å². The van der Waals surface area contributed by atoms with Gasteiger partial charge in [-0.05, 0) is 25.0 Å². The molecular formula is C13H15Cl2NO2. The van der Waals surface area contributed by atoms with Crippen LogP contribution in [-0.2, 0) is 0 Å². The number of carbonyl (C=O) groups is 1. The summed E-state index contributed by atoms with van der Waals surface area (Å²) >= 11 is 11.9. The molecule has 0 bridgehead atoms. The monoisotopic (exact) mass is 287 g/mol. The molecule has 2 rings (SSSR count). The zero-order chi connectivity index (χ0) is 13.2. The van der Waals surface area contributed by atoms with Crippen LogP contribution in [0, 0.1) is 0 Å². The number of rotatable bonds is 3. The molecule has 98 valence electrons. The van der Waals surface area contributed by atoms with Gasteiger partial charge in [-0.15, -0.1) is 0 Å². The van der Waals surface area contributed by atoms with Gasteiger partial charge in [0, 0.05) is 6.54 Å². The van der Waals surface area contributed by atoms with E-state index in [1.54, 1.807) is 18.2 Å². The summed E-state index contributed by atoms with van der Waals surface area (Å²) in [6.07, 6.45) is 3.45. The largest absolute Gasteiger partial charge is 0.388 e. The molecule has 0 atom stereocenters. The number of carbonyl (C=O) groups excluding carboxylic acids is 1. The molecule has 0 aliphatic heterocycles. The van der Waals surface area contributed by atoms with Crippen molar-refractivity contribution in [2.75, 3.05) is 6.54 Å². The first-order valence-corrected chi connectivity index (χ1v) is 6.72. The lowest BCUT2D eigenvalue weighted by atomic mass is 10.0. The van der Waals surface area contributed by atoms with Crippen LogP contribution in [-0.4, -0.2) is 23.2 Å². The van der Waals surface area contributed by atoms with Crippen LogP contribution in [0.3, 0.4) is 0 Å². The topological polar surface area (TPSA) is 49.3 Å². The van der Waals surface area contributed by atoms with E-state index < -0.39 is 5.60 Å². The summed E-state index contributed by atoms with van der Waals surface area (Å²) in [7, 11) is 0. The number of halogens is 2. The van der Waals surface area contributed by atoms with Gasteiger partial charge in [0.05, 0.1) is 21.2 Å². The molecule has 3 nitrogen and oxygen atoms in total. The van der Waals surface area contributed by atoms with Crippen molar-refractivity contribution < 1.29 is 9.90 Å². The summed E-state index contributed by atoms with van der Waals surface area (Å²) in [5.74, 6) is -0.342. The van der Waals surface area contributed by atoms with Gasteiger partial charge >= 0.3 is 0 Å². The van der Waals surface area contributed by atoms with E-state index in [9.17, 15) is 9.90 Å². The van der Waals surface area contributed by atoms with E-state index in [1.807, 2.05) is 0 Å². The van der Waals surface area contributed by atoms with Gasteiger partial charge in [-0.2, -0.15) is 0 Å². The van der Waals surface area contributed by atoms with Crippen LogP contribution in [0.4, 0.5) is 0 Å². The first-order chi connectivity index (χ1) is 8.52. The van der Waals surface area contributed by atoms with Gasteiger partial charge in [0.25, 0.3) is 5.91 Å². The van der Waals surface area contributed by atoms with E-state index in [0.717, 1.165) is 25.7 Å². The Kier molecular flexibility index (Phi) is 4.15. The summed E-state index contributed by atoms with van der Waals surface area (Å²) in [5, 5.41) is 13.5. The molecule has 1 aromatic rings. The van der Waals surface area contributed by atoms with Crippen molar-refractivity contribution in [3.63, 3.8) is 0 Å². The second-order valence-electron chi connectivity index (χ2n) is 4.71. The average Bonchev–Trinajstić information content (AvgIpc) is 2.74. The van der Waals surface area contributed by atoms with E-state index in [1.165, 1.54) is 0 Å². The molecule has 1 aliphatic rings. The number of nitrogens with one attached hydrogen (secondary N) is 1. The second-order valence-corrected chi connectivity index (χ2v) is 5.53. The standard InChI is InChI=1S/C13H15Cl2NO2/c14-9-4-3-5-10(15)11(9)12(17)16-8-13(18)6-1-2-7-13/h3-5,18H,1-2,6-8H2,(H,16,17). The molecule has 0 unspecified atom stereocenters. The summed E-state index contributed by atoms with van der Waals surface area (Å²) in [6.45, 7) is 0.243. The summed E-state index contributed by atoms with van der Waals surface area (Å²) in [4.78, 5) is 12.0. The van der Waals surface area contributed by atoms with Crippen LogP contribution < -0.4 is 5.32 Å². The van der Waals surface area contributed by atoms with Crippen LogP contribution in [0.25, 0.3) is 0 Å². The van der Waals surface area contributed by atoms with Crippen molar-refractivity contribution in [1.82, 2.24) is 5.32 Å². The summed E-state index contributed by atoms with van der Waals surface area (Å²) in [6, 6.07) is 4.92. The minimum Gasteiger partial charge on any atom is -0.388 e. The number of hydrogen-bond donors (Lipinski definition) is 2. The first-order valence-electron chi connectivity index (χ1n) is 5.96. The molecule has 0 radical (unpaired) electrons. The maximum absolute atomic E-state index is 12.0. The van der Waals surface area contributed by atoms with E-state index in [-0.39, 0.29) is 18.0 Å². The lowest BCUT2D eigenvalue weighted by Gasteiger charge is -2.22. The van der Waals surface area contributed by atoms with Gasteiger partial charge in [0.2, 0.25) is 0 Å². The van der Waals surface area contributed by atoms with Gasteiger partial charge in [-0.3, -0.25) is 4.79 Å². The summed E-state index contributed by atoms with van der Waals surface area (Å²) < 4.78 is 0. The Morgan fingerprint density at radius 3 is 2.39 bits per heavy atom. The number of hydrogen-bond acceptors (Lipinski definition) is 2. The number of aliphatic hydroxyl groups is 1. The predicted molar refractivity (Wildman–Crippen MR) is 72.2 cm³/mol. The fourth-order valence-corrected chi connectivity index (χ4v) is 2.83. The lowest BCUT2D eigenvalue weighted by molar-refractivity contribution is 0.0450. The van der Waals surface area contributed by atoms with Crippen LogP contribution in [0.2, 0.25) is 10.0 Å². The predicted octanol–water partition coefficient (Wildman–Crippen LogP) is 3.03. The highest BCUT2D eigenvalue weighted by Gasteiger charge is 2.31. The van der Waals surface area contributed by atoms with Gasteiger partial charge in [0.15, 0.2) is 0 Å². The SMILES string of the molecule is O=C(NCC1(O)CCCC1)c1c(Cl)cccc1Cl. The fraction of sp³-hybridized carbons (Fsp3) is 0.462. The molecule has 0 spiro atoms. The normalized spacial score (nSPS) is 17.7. The van der Waals surface area contributed by atoms with Gasteiger partial charge in [-0.25, -0.2) is 0 Å². The molecule has 0 heterocycles. The van der Waals surface area contributed by atoms with Crippen molar-refractivity contribution in [2.45, 2.75) is 31.3 Å². The maximum Gasteiger partial charge on any atom is 0.254 e. The first kappa shape index (κ1) is 13.7. The highest BCUT2D eigenvalue weighted by Crippen LogP contribution is 2.29. The van der Waals surface area contributed by atoms with Gasteiger partial charge < -0.3 is 10.4 Å². The molecule has 1 fully saturated rings. The van der Waals surface area contributed by atoms with Gasteiger partial charge in [-0.1, -0.05) is 42.1 Å². The third-order valence-electron chi connectivity index (χ3n) is 3.30. The Bertz CT molecular complexity index is 436. The molecule has 1 saturated carbocycles. The van der Waals surface area contributed by atoms with Crippen molar-refractivity contribution in [3.05, 3.63) is 33.8 Å². The Balaban J connectivity index is 2.04. The summed E-state index contributed by atoms with van der Waals surface area (Å²) in [5.41, 5.74) is -0.508. The molecule has 1 amide bonds. The average molecular weight is 288 g/mol. The van der Waals surface area contributed by atoms with Crippen LogP contribution in [0.5, 0.6) is 0 Å². The number of benzene rings is 1. The second kappa shape index (κ2) is 5.47. The zero-order valence-corrected chi connectivity index (χ0v) is 11.4. The molecule has 5 heteroatoms. The van der Waals surface area contributed by atoms with Crippen molar-refractivity contribution >= 4 is 29.1 Å². The van der Waals surface area contributed by atoms with Crippen LogP contribution >= 0.6 is 23.2 Å². The smallest absolute Gasteiger partial charge is 0.254 e.